The maximum absolute atomic E-state index is 11.0. The van der Waals surface area contributed by atoms with E-state index in [2.05, 4.69) is 0 Å². The second-order valence-corrected chi connectivity index (χ2v) is 3.33. The largest absolute Gasteiger partial charge is 0.465 e. The SMILES string of the molecule is C[C@@H]1CC(=O)C[C@H](C)N1C(=O)O. The van der Waals surface area contributed by atoms with Crippen molar-refractivity contribution in [2.75, 3.05) is 0 Å². The van der Waals surface area contributed by atoms with Crippen LogP contribution in [0.4, 0.5) is 4.79 Å². The normalized spacial score (nSPS) is 30.5. The molecule has 1 amide bonds. The summed E-state index contributed by atoms with van der Waals surface area (Å²) in [7, 11) is 0. The van der Waals surface area contributed by atoms with Crippen LogP contribution in [0.5, 0.6) is 0 Å². The summed E-state index contributed by atoms with van der Waals surface area (Å²) in [5.41, 5.74) is 0. The molecule has 2 atom stereocenters. The van der Waals surface area contributed by atoms with Crippen molar-refractivity contribution in [3.05, 3.63) is 0 Å². The molecule has 0 aromatic carbocycles. The molecular weight excluding hydrogens is 158 g/mol. The van der Waals surface area contributed by atoms with Crippen LogP contribution in [0.15, 0.2) is 0 Å². The van der Waals surface area contributed by atoms with Gasteiger partial charge in [-0.25, -0.2) is 4.79 Å². The molecule has 68 valence electrons. The Balaban J connectivity index is 2.73. The zero-order valence-corrected chi connectivity index (χ0v) is 7.28. The lowest BCUT2D eigenvalue weighted by atomic mass is 9.97. The van der Waals surface area contributed by atoms with E-state index >= 15 is 0 Å². The van der Waals surface area contributed by atoms with E-state index < -0.39 is 6.09 Å². The Morgan fingerprint density at radius 2 is 1.83 bits per heavy atom. The molecule has 0 saturated carbocycles. The lowest BCUT2D eigenvalue weighted by Crippen LogP contribution is -2.49. The Hall–Kier alpha value is -1.06. The molecule has 0 aliphatic carbocycles. The van der Waals surface area contributed by atoms with Gasteiger partial charge in [0.05, 0.1) is 0 Å². The van der Waals surface area contributed by atoms with Crippen molar-refractivity contribution in [3.63, 3.8) is 0 Å². The first-order valence-corrected chi connectivity index (χ1v) is 4.05. The Morgan fingerprint density at radius 3 is 2.17 bits per heavy atom. The van der Waals surface area contributed by atoms with Gasteiger partial charge < -0.3 is 10.0 Å². The molecule has 4 nitrogen and oxygen atoms in total. The molecule has 12 heavy (non-hydrogen) atoms. The highest BCUT2D eigenvalue weighted by molar-refractivity contribution is 5.82. The van der Waals surface area contributed by atoms with E-state index in [4.69, 9.17) is 5.11 Å². The number of hydrogen-bond donors (Lipinski definition) is 1. The van der Waals surface area contributed by atoms with Crippen molar-refractivity contribution in [3.8, 4) is 0 Å². The third-order valence-electron chi connectivity index (χ3n) is 2.22. The van der Waals surface area contributed by atoms with Crippen LogP contribution >= 0.6 is 0 Å². The zero-order valence-electron chi connectivity index (χ0n) is 7.28. The molecule has 0 aromatic heterocycles. The molecule has 1 rings (SSSR count). The van der Waals surface area contributed by atoms with Crippen LogP contribution in [0.2, 0.25) is 0 Å². The number of carbonyl (C=O) groups is 2. The number of nitrogens with zero attached hydrogens (tertiary/aromatic N) is 1. The molecule has 1 N–H and O–H groups in total. The van der Waals surface area contributed by atoms with Gasteiger partial charge in [-0.05, 0) is 13.8 Å². The van der Waals surface area contributed by atoms with Gasteiger partial charge in [-0.3, -0.25) is 4.79 Å². The summed E-state index contributed by atoms with van der Waals surface area (Å²) in [6, 6.07) is -0.336. The Morgan fingerprint density at radius 1 is 1.42 bits per heavy atom. The highest BCUT2D eigenvalue weighted by atomic mass is 16.4. The van der Waals surface area contributed by atoms with Gasteiger partial charge in [0.25, 0.3) is 0 Å². The van der Waals surface area contributed by atoms with Gasteiger partial charge in [0.15, 0.2) is 0 Å². The molecule has 0 aromatic rings. The Bertz CT molecular complexity index is 200. The van der Waals surface area contributed by atoms with E-state index in [0.717, 1.165) is 0 Å². The number of ketones is 1. The first kappa shape index (κ1) is 9.03. The minimum Gasteiger partial charge on any atom is -0.465 e. The van der Waals surface area contributed by atoms with E-state index in [1.807, 2.05) is 0 Å². The van der Waals surface area contributed by atoms with Gasteiger partial charge in [-0.15, -0.1) is 0 Å². The van der Waals surface area contributed by atoms with Crippen LogP contribution in [0.25, 0.3) is 0 Å². The number of piperidine rings is 1. The van der Waals surface area contributed by atoms with Gasteiger partial charge in [-0.1, -0.05) is 0 Å². The minimum atomic E-state index is -0.928. The van der Waals surface area contributed by atoms with Crippen LogP contribution in [0.3, 0.4) is 0 Å². The third kappa shape index (κ3) is 1.57. The molecule has 0 unspecified atom stereocenters. The smallest absolute Gasteiger partial charge is 0.407 e. The summed E-state index contributed by atoms with van der Waals surface area (Å²) >= 11 is 0. The maximum Gasteiger partial charge on any atom is 0.407 e. The van der Waals surface area contributed by atoms with Gasteiger partial charge >= 0.3 is 6.09 Å². The van der Waals surface area contributed by atoms with E-state index in [0.29, 0.717) is 12.8 Å². The Kier molecular flexibility index (Phi) is 2.35. The van der Waals surface area contributed by atoms with Crippen molar-refractivity contribution in [1.29, 1.82) is 0 Å². The quantitative estimate of drug-likeness (QED) is 0.593. The van der Waals surface area contributed by atoms with Crippen molar-refractivity contribution >= 4 is 11.9 Å². The number of hydrogen-bond acceptors (Lipinski definition) is 2. The minimum absolute atomic E-state index is 0.160. The summed E-state index contributed by atoms with van der Waals surface area (Å²) in [5.74, 6) is 0.160. The van der Waals surface area contributed by atoms with Crippen LogP contribution in [0, 0.1) is 0 Å². The zero-order chi connectivity index (χ0) is 9.30. The van der Waals surface area contributed by atoms with Gasteiger partial charge in [0, 0.05) is 24.9 Å². The summed E-state index contributed by atoms with van der Waals surface area (Å²) in [6.45, 7) is 3.53. The summed E-state index contributed by atoms with van der Waals surface area (Å²) in [6.07, 6.45) is -0.213. The molecule has 1 heterocycles. The number of likely N-dealkylation sites (tertiary alicyclic amines) is 1. The van der Waals surface area contributed by atoms with Crippen molar-refractivity contribution in [1.82, 2.24) is 4.90 Å². The van der Waals surface area contributed by atoms with Crippen molar-refractivity contribution in [2.45, 2.75) is 38.8 Å². The van der Waals surface area contributed by atoms with E-state index in [9.17, 15) is 9.59 Å². The molecule has 0 spiro atoms. The molecular formula is C8H13NO3. The molecule has 0 radical (unpaired) electrons. The number of carboxylic acid groups (broad SMARTS) is 1. The van der Waals surface area contributed by atoms with Gasteiger partial charge in [0.2, 0.25) is 0 Å². The lowest BCUT2D eigenvalue weighted by molar-refractivity contribution is -0.123. The molecule has 0 bridgehead atoms. The van der Waals surface area contributed by atoms with E-state index in [-0.39, 0.29) is 17.9 Å². The van der Waals surface area contributed by atoms with Crippen LogP contribution in [-0.4, -0.2) is 34.0 Å². The highest BCUT2D eigenvalue weighted by Gasteiger charge is 2.32. The first-order chi connectivity index (χ1) is 5.52. The summed E-state index contributed by atoms with van der Waals surface area (Å²) in [5, 5.41) is 8.78. The summed E-state index contributed by atoms with van der Waals surface area (Å²) in [4.78, 5) is 23.1. The molecule has 1 aliphatic heterocycles. The average Bonchev–Trinajstić information content (AvgIpc) is 1.82. The first-order valence-electron chi connectivity index (χ1n) is 4.05. The number of carbonyl (C=O) groups excluding carboxylic acids is 1. The number of amides is 1. The van der Waals surface area contributed by atoms with Crippen molar-refractivity contribution in [2.24, 2.45) is 0 Å². The van der Waals surface area contributed by atoms with Crippen molar-refractivity contribution < 1.29 is 14.7 Å². The Labute approximate surface area is 71.2 Å². The predicted octanol–water partition coefficient (Wildman–Crippen LogP) is 1.11. The van der Waals surface area contributed by atoms with Gasteiger partial charge in [0.1, 0.15) is 5.78 Å². The predicted molar refractivity (Wildman–Crippen MR) is 43.0 cm³/mol. The molecule has 1 saturated heterocycles. The van der Waals surface area contributed by atoms with E-state index in [1.165, 1.54) is 4.90 Å². The van der Waals surface area contributed by atoms with Crippen LogP contribution in [0.1, 0.15) is 26.7 Å². The standard InChI is InChI=1S/C8H13NO3/c1-5-3-7(10)4-6(2)9(5)8(11)12/h5-6H,3-4H2,1-2H3,(H,11,12)/t5-,6+. The topological polar surface area (TPSA) is 57.6 Å². The second kappa shape index (κ2) is 3.13. The molecule has 1 fully saturated rings. The molecule has 4 heteroatoms. The summed E-state index contributed by atoms with van der Waals surface area (Å²) < 4.78 is 0. The number of Topliss-reactive ketones (excluding diaryl/α,β-unsaturated/α-hetero) is 1. The van der Waals surface area contributed by atoms with Crippen LogP contribution in [-0.2, 0) is 4.79 Å². The fourth-order valence-corrected chi connectivity index (χ4v) is 1.75. The molecule has 1 aliphatic rings. The second-order valence-electron chi connectivity index (χ2n) is 3.33. The van der Waals surface area contributed by atoms with Gasteiger partial charge in [-0.2, -0.15) is 0 Å². The fourth-order valence-electron chi connectivity index (χ4n) is 1.75. The highest BCUT2D eigenvalue weighted by Crippen LogP contribution is 2.19. The monoisotopic (exact) mass is 171 g/mol. The lowest BCUT2D eigenvalue weighted by Gasteiger charge is -2.35. The van der Waals surface area contributed by atoms with E-state index in [1.54, 1.807) is 13.8 Å². The maximum atomic E-state index is 11.0. The third-order valence-corrected chi connectivity index (χ3v) is 2.22. The fraction of sp³-hybridized carbons (Fsp3) is 0.750. The average molecular weight is 171 g/mol. The number of rotatable bonds is 0. The van der Waals surface area contributed by atoms with Crippen LogP contribution < -0.4 is 0 Å².